The number of para-hydroxylation sites is 1. The highest BCUT2D eigenvalue weighted by atomic mass is 32.1. The molecule has 0 fully saturated rings. The number of nitrogens with one attached hydrogen (secondary N) is 2. The first-order valence-electron chi connectivity index (χ1n) is 6.95. The molecule has 116 valence electrons. The summed E-state index contributed by atoms with van der Waals surface area (Å²) >= 11 is 1.56. The molecule has 2 aromatic rings. The van der Waals surface area contributed by atoms with Crippen molar-refractivity contribution in [2.75, 3.05) is 13.1 Å². The van der Waals surface area contributed by atoms with E-state index in [9.17, 15) is 14.7 Å². The minimum absolute atomic E-state index is 0.0601. The molecule has 0 saturated carbocycles. The van der Waals surface area contributed by atoms with Gasteiger partial charge in [-0.25, -0.2) is 0 Å². The van der Waals surface area contributed by atoms with E-state index in [1.807, 2.05) is 23.8 Å². The van der Waals surface area contributed by atoms with Crippen molar-refractivity contribution < 1.29 is 14.7 Å². The van der Waals surface area contributed by atoms with E-state index in [0.29, 0.717) is 13.1 Å². The lowest BCUT2D eigenvalue weighted by Crippen LogP contribution is -2.36. The Morgan fingerprint density at radius 3 is 2.59 bits per heavy atom. The van der Waals surface area contributed by atoms with Crippen molar-refractivity contribution in [3.8, 4) is 5.75 Å². The van der Waals surface area contributed by atoms with Gasteiger partial charge in [-0.15, -0.1) is 0 Å². The summed E-state index contributed by atoms with van der Waals surface area (Å²) in [4.78, 5) is 23.8. The van der Waals surface area contributed by atoms with Gasteiger partial charge in [0, 0.05) is 13.1 Å². The third-order valence-corrected chi connectivity index (χ3v) is 4.00. The lowest BCUT2D eigenvalue weighted by molar-refractivity contribution is -0.122. The Labute approximate surface area is 133 Å². The summed E-state index contributed by atoms with van der Waals surface area (Å²) in [5.41, 5.74) is 1.21. The summed E-state index contributed by atoms with van der Waals surface area (Å²) in [6.45, 7) is 2.49. The van der Waals surface area contributed by atoms with Crippen LogP contribution >= 0.6 is 11.3 Å². The van der Waals surface area contributed by atoms with Crippen molar-refractivity contribution in [1.29, 1.82) is 0 Å². The second-order valence-corrected chi connectivity index (χ2v) is 5.62. The summed E-state index contributed by atoms with van der Waals surface area (Å²) in [5, 5.41) is 18.9. The van der Waals surface area contributed by atoms with Gasteiger partial charge in [-0.3, -0.25) is 9.59 Å². The SMILES string of the molecule is CC(C(=O)NCCNC(=O)c1ccccc1O)c1ccsc1. The van der Waals surface area contributed by atoms with Crippen LogP contribution in [0.4, 0.5) is 0 Å². The van der Waals surface area contributed by atoms with Gasteiger partial charge in [0.15, 0.2) is 0 Å². The number of phenols is 1. The van der Waals surface area contributed by atoms with E-state index in [1.165, 1.54) is 6.07 Å². The molecule has 2 rings (SSSR count). The molecule has 1 heterocycles. The minimum Gasteiger partial charge on any atom is -0.507 e. The van der Waals surface area contributed by atoms with Crippen molar-refractivity contribution in [3.63, 3.8) is 0 Å². The van der Waals surface area contributed by atoms with E-state index < -0.39 is 0 Å². The first-order valence-corrected chi connectivity index (χ1v) is 7.90. The molecule has 1 aromatic carbocycles. The van der Waals surface area contributed by atoms with Gasteiger partial charge in [0.25, 0.3) is 5.91 Å². The van der Waals surface area contributed by atoms with Gasteiger partial charge < -0.3 is 15.7 Å². The average Bonchev–Trinajstić information content (AvgIpc) is 3.05. The number of carbonyl (C=O) groups is 2. The Morgan fingerprint density at radius 2 is 1.91 bits per heavy atom. The Bertz CT molecular complexity index is 641. The topological polar surface area (TPSA) is 78.4 Å². The molecule has 22 heavy (non-hydrogen) atoms. The molecule has 0 aliphatic carbocycles. The van der Waals surface area contributed by atoms with E-state index in [1.54, 1.807) is 29.5 Å². The molecule has 0 spiro atoms. The molecule has 2 amide bonds. The molecule has 6 heteroatoms. The fourth-order valence-corrected chi connectivity index (χ4v) is 2.70. The molecule has 1 unspecified atom stereocenters. The lowest BCUT2D eigenvalue weighted by atomic mass is 10.0. The highest BCUT2D eigenvalue weighted by Gasteiger charge is 2.15. The van der Waals surface area contributed by atoms with Crippen molar-refractivity contribution in [3.05, 3.63) is 52.2 Å². The van der Waals surface area contributed by atoms with Gasteiger partial charge >= 0.3 is 0 Å². The Balaban J connectivity index is 1.74. The molecule has 5 nitrogen and oxygen atoms in total. The quantitative estimate of drug-likeness (QED) is 0.714. The van der Waals surface area contributed by atoms with Gasteiger partial charge in [-0.1, -0.05) is 12.1 Å². The number of phenolic OH excluding ortho intramolecular Hbond substituents is 1. The highest BCUT2D eigenvalue weighted by molar-refractivity contribution is 7.08. The van der Waals surface area contributed by atoms with Crippen LogP contribution in [0.15, 0.2) is 41.1 Å². The van der Waals surface area contributed by atoms with Crippen molar-refractivity contribution in [2.24, 2.45) is 0 Å². The minimum atomic E-state index is -0.363. The van der Waals surface area contributed by atoms with Crippen LogP contribution in [0.1, 0.15) is 28.8 Å². The smallest absolute Gasteiger partial charge is 0.255 e. The Morgan fingerprint density at radius 1 is 1.18 bits per heavy atom. The zero-order chi connectivity index (χ0) is 15.9. The maximum atomic E-state index is 12.0. The molecule has 0 radical (unpaired) electrons. The summed E-state index contributed by atoms with van der Waals surface area (Å²) < 4.78 is 0. The number of carbonyl (C=O) groups excluding carboxylic acids is 2. The molecule has 3 N–H and O–H groups in total. The number of amides is 2. The van der Waals surface area contributed by atoms with E-state index in [2.05, 4.69) is 10.6 Å². The van der Waals surface area contributed by atoms with E-state index in [4.69, 9.17) is 0 Å². The van der Waals surface area contributed by atoms with Crippen molar-refractivity contribution in [1.82, 2.24) is 10.6 Å². The van der Waals surface area contributed by atoms with Gasteiger partial charge in [0.1, 0.15) is 5.75 Å². The van der Waals surface area contributed by atoms with Gasteiger partial charge in [0.2, 0.25) is 5.91 Å². The molecular weight excluding hydrogens is 300 g/mol. The first kappa shape index (κ1) is 16.0. The molecule has 0 saturated heterocycles. The van der Waals surface area contributed by atoms with Gasteiger partial charge in [-0.2, -0.15) is 11.3 Å². The predicted molar refractivity (Wildman–Crippen MR) is 86.2 cm³/mol. The monoisotopic (exact) mass is 318 g/mol. The molecule has 1 atom stereocenters. The second kappa shape index (κ2) is 7.61. The lowest BCUT2D eigenvalue weighted by Gasteiger charge is -2.11. The summed E-state index contributed by atoms with van der Waals surface area (Å²) in [6, 6.07) is 8.26. The van der Waals surface area contributed by atoms with Crippen LogP contribution in [0.2, 0.25) is 0 Å². The molecule has 1 aromatic heterocycles. The zero-order valence-electron chi connectivity index (χ0n) is 12.2. The third-order valence-electron chi connectivity index (χ3n) is 3.29. The molecular formula is C16H18N2O3S. The normalized spacial score (nSPS) is 11.7. The van der Waals surface area contributed by atoms with Gasteiger partial charge in [0.05, 0.1) is 11.5 Å². The van der Waals surface area contributed by atoms with Crippen LogP contribution in [0, 0.1) is 0 Å². The standard InChI is InChI=1S/C16H18N2O3S/c1-11(12-6-9-22-10-12)15(20)17-7-8-18-16(21)13-4-2-3-5-14(13)19/h2-6,9-11,19H,7-8H2,1H3,(H,17,20)(H,18,21). The summed E-state index contributed by atoms with van der Waals surface area (Å²) in [5.74, 6) is -0.705. The fraction of sp³-hybridized carbons (Fsp3) is 0.250. The van der Waals surface area contributed by atoms with E-state index >= 15 is 0 Å². The number of benzene rings is 1. The maximum Gasteiger partial charge on any atom is 0.255 e. The average molecular weight is 318 g/mol. The van der Waals surface area contributed by atoms with E-state index in [0.717, 1.165) is 5.56 Å². The largest absolute Gasteiger partial charge is 0.507 e. The van der Waals surface area contributed by atoms with Crippen LogP contribution in [-0.4, -0.2) is 30.0 Å². The summed E-state index contributed by atoms with van der Waals surface area (Å²) in [6.07, 6.45) is 0. The maximum absolute atomic E-state index is 12.0. The van der Waals surface area contributed by atoms with Crippen LogP contribution in [0.3, 0.4) is 0 Å². The molecule has 0 aliphatic heterocycles. The van der Waals surface area contributed by atoms with Crippen molar-refractivity contribution >= 4 is 23.2 Å². The predicted octanol–water partition coefficient (Wildman–Crippen LogP) is 2.10. The first-order chi connectivity index (χ1) is 10.6. The number of hydrogen-bond donors (Lipinski definition) is 3. The molecule has 0 bridgehead atoms. The highest BCUT2D eigenvalue weighted by Crippen LogP contribution is 2.18. The van der Waals surface area contributed by atoms with Crippen LogP contribution in [0.25, 0.3) is 0 Å². The summed E-state index contributed by atoms with van der Waals surface area (Å²) in [7, 11) is 0. The van der Waals surface area contributed by atoms with Crippen LogP contribution in [-0.2, 0) is 4.79 Å². The van der Waals surface area contributed by atoms with Crippen LogP contribution < -0.4 is 10.6 Å². The zero-order valence-corrected chi connectivity index (χ0v) is 13.0. The molecule has 0 aliphatic rings. The number of rotatable bonds is 6. The number of thiophene rings is 1. The number of aromatic hydroxyl groups is 1. The second-order valence-electron chi connectivity index (χ2n) is 4.84. The fourth-order valence-electron chi connectivity index (χ4n) is 1.95. The Hall–Kier alpha value is -2.34. The van der Waals surface area contributed by atoms with Gasteiger partial charge in [-0.05, 0) is 41.4 Å². The Kier molecular flexibility index (Phi) is 5.55. The third kappa shape index (κ3) is 4.08. The van der Waals surface area contributed by atoms with Crippen molar-refractivity contribution in [2.45, 2.75) is 12.8 Å². The number of hydrogen-bond acceptors (Lipinski definition) is 4. The van der Waals surface area contributed by atoms with Crippen LogP contribution in [0.5, 0.6) is 5.75 Å². The van der Waals surface area contributed by atoms with E-state index in [-0.39, 0.29) is 29.0 Å².